The molecule has 0 amide bonds. The van der Waals surface area contributed by atoms with Gasteiger partial charge >= 0.3 is 0 Å². The van der Waals surface area contributed by atoms with Crippen LogP contribution in [0, 0.1) is 0 Å². The fraction of sp³-hybridized carbons (Fsp3) is 0.667. The maximum atomic E-state index is 11.8. The highest BCUT2D eigenvalue weighted by atomic mass is 16.1. The van der Waals surface area contributed by atoms with Crippen LogP contribution in [0.2, 0.25) is 0 Å². The third-order valence-corrected chi connectivity index (χ3v) is 3.16. The summed E-state index contributed by atoms with van der Waals surface area (Å²) in [4.78, 5) is 20.7. The minimum absolute atomic E-state index is 0.112. The Morgan fingerprint density at radius 2 is 2.41 bits per heavy atom. The maximum Gasteiger partial charge on any atom is 0.290 e. The van der Waals surface area contributed by atoms with E-state index in [4.69, 9.17) is 0 Å². The predicted octanol–water partition coefficient (Wildman–Crippen LogP) is 0.737. The molecule has 5 heteroatoms. The molecule has 2 heterocycles. The second kappa shape index (κ2) is 5.31. The molecule has 1 aromatic heterocycles. The molecule has 1 atom stereocenters. The highest BCUT2D eigenvalue weighted by molar-refractivity contribution is 5.36. The first-order valence-electron chi connectivity index (χ1n) is 6.22. The van der Waals surface area contributed by atoms with Crippen LogP contribution in [0.5, 0.6) is 0 Å². The lowest BCUT2D eigenvalue weighted by molar-refractivity contribution is 0.547. The van der Waals surface area contributed by atoms with Gasteiger partial charge in [0.25, 0.3) is 5.56 Å². The van der Waals surface area contributed by atoms with Crippen molar-refractivity contribution in [2.24, 2.45) is 0 Å². The van der Waals surface area contributed by atoms with Gasteiger partial charge in [0.15, 0.2) is 5.82 Å². The molecule has 0 aliphatic carbocycles. The lowest BCUT2D eigenvalue weighted by Gasteiger charge is -2.29. The van der Waals surface area contributed by atoms with Crippen molar-refractivity contribution in [3.05, 3.63) is 22.7 Å². The quantitative estimate of drug-likeness (QED) is 0.809. The third-order valence-electron chi connectivity index (χ3n) is 3.16. The van der Waals surface area contributed by atoms with E-state index in [1.807, 2.05) is 0 Å². The Morgan fingerprint density at radius 1 is 1.59 bits per heavy atom. The van der Waals surface area contributed by atoms with E-state index in [0.29, 0.717) is 11.9 Å². The first-order chi connectivity index (χ1) is 8.18. The Hall–Kier alpha value is -1.36. The summed E-state index contributed by atoms with van der Waals surface area (Å²) < 4.78 is 0. The summed E-state index contributed by atoms with van der Waals surface area (Å²) in [5.41, 5.74) is -0.112. The summed E-state index contributed by atoms with van der Waals surface area (Å²) in [6.45, 7) is 6.10. The molecular weight excluding hydrogens is 216 g/mol. The van der Waals surface area contributed by atoms with Gasteiger partial charge in [0.2, 0.25) is 0 Å². The Kier molecular flexibility index (Phi) is 3.78. The van der Waals surface area contributed by atoms with E-state index >= 15 is 0 Å². The van der Waals surface area contributed by atoms with Crippen LogP contribution in [0.3, 0.4) is 0 Å². The Balaban J connectivity index is 2.17. The van der Waals surface area contributed by atoms with E-state index in [2.05, 4.69) is 34.0 Å². The Morgan fingerprint density at radius 3 is 3.00 bits per heavy atom. The number of nitrogens with one attached hydrogen (secondary N) is 2. The summed E-state index contributed by atoms with van der Waals surface area (Å²) in [5, 5.41) is 3.45. The zero-order valence-corrected chi connectivity index (χ0v) is 10.4. The molecule has 17 heavy (non-hydrogen) atoms. The van der Waals surface area contributed by atoms with E-state index in [1.165, 1.54) is 12.8 Å². The van der Waals surface area contributed by atoms with E-state index in [9.17, 15) is 4.79 Å². The molecule has 0 saturated carbocycles. The lowest BCUT2D eigenvalue weighted by atomic mass is 10.2. The SMILES string of the molecule is CC(C)N(CC1CCCN1)c1ncc[nH]c1=O. The van der Waals surface area contributed by atoms with Crippen LogP contribution in [-0.4, -0.2) is 35.1 Å². The van der Waals surface area contributed by atoms with Crippen LogP contribution in [-0.2, 0) is 0 Å². The standard InChI is InChI=1S/C12H20N4O/c1-9(2)16(8-10-4-3-5-13-10)11-12(17)15-7-6-14-11/h6-7,9-10,13H,3-5,8H2,1-2H3,(H,15,17). The fourth-order valence-electron chi connectivity index (χ4n) is 2.24. The fourth-order valence-corrected chi connectivity index (χ4v) is 2.24. The maximum absolute atomic E-state index is 11.8. The second-order valence-electron chi connectivity index (χ2n) is 4.78. The highest BCUT2D eigenvalue weighted by Gasteiger charge is 2.22. The Labute approximate surface area is 101 Å². The van der Waals surface area contributed by atoms with Gasteiger partial charge in [0.1, 0.15) is 0 Å². The normalized spacial score (nSPS) is 19.8. The zero-order valence-electron chi connectivity index (χ0n) is 10.4. The van der Waals surface area contributed by atoms with Gasteiger partial charge in [-0.25, -0.2) is 4.98 Å². The molecule has 1 aromatic rings. The number of aromatic nitrogens is 2. The molecular formula is C12H20N4O. The van der Waals surface area contributed by atoms with E-state index in [0.717, 1.165) is 13.1 Å². The van der Waals surface area contributed by atoms with Crippen molar-refractivity contribution in [3.8, 4) is 0 Å². The summed E-state index contributed by atoms with van der Waals surface area (Å²) in [6, 6.07) is 0.743. The van der Waals surface area contributed by atoms with Crippen LogP contribution in [0.25, 0.3) is 0 Å². The largest absolute Gasteiger partial charge is 0.348 e. The number of aromatic amines is 1. The lowest BCUT2D eigenvalue weighted by Crippen LogP contribution is -2.44. The summed E-state index contributed by atoms with van der Waals surface area (Å²) in [7, 11) is 0. The molecule has 0 radical (unpaired) electrons. The second-order valence-corrected chi connectivity index (χ2v) is 4.78. The van der Waals surface area contributed by atoms with Crippen molar-refractivity contribution >= 4 is 5.82 Å². The van der Waals surface area contributed by atoms with Crippen molar-refractivity contribution in [2.75, 3.05) is 18.0 Å². The van der Waals surface area contributed by atoms with E-state index in [-0.39, 0.29) is 11.6 Å². The van der Waals surface area contributed by atoms with Gasteiger partial charge in [0, 0.05) is 31.0 Å². The summed E-state index contributed by atoms with van der Waals surface area (Å²) in [5.74, 6) is 0.524. The van der Waals surface area contributed by atoms with Crippen LogP contribution in [0.15, 0.2) is 17.2 Å². The van der Waals surface area contributed by atoms with Gasteiger partial charge in [-0.3, -0.25) is 4.79 Å². The molecule has 2 rings (SSSR count). The first-order valence-corrected chi connectivity index (χ1v) is 6.22. The number of rotatable bonds is 4. The number of hydrogen-bond donors (Lipinski definition) is 2. The minimum atomic E-state index is -0.112. The summed E-state index contributed by atoms with van der Waals surface area (Å²) >= 11 is 0. The van der Waals surface area contributed by atoms with Crippen molar-refractivity contribution in [1.82, 2.24) is 15.3 Å². The monoisotopic (exact) mass is 236 g/mol. The molecule has 1 fully saturated rings. The van der Waals surface area contributed by atoms with Crippen LogP contribution in [0.4, 0.5) is 5.82 Å². The van der Waals surface area contributed by atoms with Crippen LogP contribution in [0.1, 0.15) is 26.7 Å². The van der Waals surface area contributed by atoms with Gasteiger partial charge in [0.05, 0.1) is 0 Å². The van der Waals surface area contributed by atoms with Gasteiger partial charge in [-0.05, 0) is 33.2 Å². The molecule has 0 bridgehead atoms. The van der Waals surface area contributed by atoms with Crippen LogP contribution >= 0.6 is 0 Å². The van der Waals surface area contributed by atoms with E-state index < -0.39 is 0 Å². The molecule has 94 valence electrons. The summed E-state index contributed by atoms with van der Waals surface area (Å²) in [6.07, 6.45) is 5.59. The number of anilines is 1. The number of H-pyrrole nitrogens is 1. The molecule has 1 aliphatic rings. The van der Waals surface area contributed by atoms with Crippen molar-refractivity contribution in [1.29, 1.82) is 0 Å². The molecule has 2 N–H and O–H groups in total. The van der Waals surface area contributed by atoms with Gasteiger partial charge in [-0.15, -0.1) is 0 Å². The number of hydrogen-bond acceptors (Lipinski definition) is 4. The van der Waals surface area contributed by atoms with Crippen molar-refractivity contribution in [2.45, 2.75) is 38.8 Å². The van der Waals surface area contributed by atoms with Crippen molar-refractivity contribution < 1.29 is 0 Å². The van der Waals surface area contributed by atoms with Gasteiger partial charge in [-0.2, -0.15) is 0 Å². The van der Waals surface area contributed by atoms with Gasteiger partial charge in [-0.1, -0.05) is 0 Å². The van der Waals surface area contributed by atoms with Crippen LogP contribution < -0.4 is 15.8 Å². The van der Waals surface area contributed by atoms with Gasteiger partial charge < -0.3 is 15.2 Å². The van der Waals surface area contributed by atoms with E-state index in [1.54, 1.807) is 12.4 Å². The molecule has 1 saturated heterocycles. The molecule has 0 spiro atoms. The predicted molar refractivity (Wildman–Crippen MR) is 68.4 cm³/mol. The highest BCUT2D eigenvalue weighted by Crippen LogP contribution is 2.13. The minimum Gasteiger partial charge on any atom is -0.348 e. The smallest absolute Gasteiger partial charge is 0.290 e. The van der Waals surface area contributed by atoms with Crippen molar-refractivity contribution in [3.63, 3.8) is 0 Å². The first kappa shape index (κ1) is 12.1. The topological polar surface area (TPSA) is 61.0 Å². The molecule has 1 unspecified atom stereocenters. The third kappa shape index (κ3) is 2.85. The average Bonchev–Trinajstić information content (AvgIpc) is 2.79. The molecule has 0 aromatic carbocycles. The molecule has 1 aliphatic heterocycles. The molecule has 5 nitrogen and oxygen atoms in total. The number of nitrogens with zero attached hydrogens (tertiary/aromatic N) is 2. The average molecular weight is 236 g/mol. The Bertz CT molecular complexity index is 409. The zero-order chi connectivity index (χ0) is 12.3.